The molecule has 1 aliphatic rings. The van der Waals surface area contributed by atoms with Crippen LogP contribution in [-0.2, 0) is 4.74 Å². The quantitative estimate of drug-likeness (QED) is 0.712. The number of ether oxygens (including phenoxy) is 1. The van der Waals surface area contributed by atoms with E-state index in [0.29, 0.717) is 5.92 Å². The van der Waals surface area contributed by atoms with Gasteiger partial charge < -0.3 is 15.0 Å². The van der Waals surface area contributed by atoms with Crippen molar-refractivity contribution in [1.82, 2.24) is 10.2 Å². The maximum atomic E-state index is 11.8. The number of carbonyl (C=O) groups is 1. The summed E-state index contributed by atoms with van der Waals surface area (Å²) < 4.78 is 5.34. The van der Waals surface area contributed by atoms with Crippen LogP contribution in [-0.4, -0.2) is 42.8 Å². The Bertz CT molecular complexity index is 224. The van der Waals surface area contributed by atoms with E-state index in [2.05, 4.69) is 12.2 Å². The van der Waals surface area contributed by atoms with Gasteiger partial charge in [-0.2, -0.15) is 0 Å². The highest BCUT2D eigenvalue weighted by atomic mass is 16.6. The Kier molecular flexibility index (Phi) is 7.19. The Morgan fingerprint density at radius 1 is 1.35 bits per heavy atom. The van der Waals surface area contributed by atoms with E-state index < -0.39 is 5.60 Å². The fourth-order valence-electron chi connectivity index (χ4n) is 1.59. The molecule has 1 saturated heterocycles. The fourth-order valence-corrected chi connectivity index (χ4v) is 1.59. The standard InChI is InChI=1S/C11H22N2O2.C2H6/c1-9-7-12-5-6-13(8-9)10(14)15-11(2,3)4;1-2/h9,12H,5-8H2,1-4H3;1-2H3. The van der Waals surface area contributed by atoms with Gasteiger partial charge in [0.05, 0.1) is 0 Å². The van der Waals surface area contributed by atoms with Crippen molar-refractivity contribution < 1.29 is 9.53 Å². The minimum atomic E-state index is -0.403. The Balaban J connectivity index is 0.00000121. The minimum Gasteiger partial charge on any atom is -0.444 e. The molecule has 0 radical (unpaired) electrons. The summed E-state index contributed by atoms with van der Waals surface area (Å²) in [5.74, 6) is 0.486. The highest BCUT2D eigenvalue weighted by Crippen LogP contribution is 2.11. The molecule has 0 aromatic carbocycles. The zero-order valence-electron chi connectivity index (χ0n) is 12.2. The molecule has 17 heavy (non-hydrogen) atoms. The molecule has 1 aliphatic heterocycles. The Hall–Kier alpha value is -0.770. The van der Waals surface area contributed by atoms with Crippen LogP contribution in [0.2, 0.25) is 0 Å². The Morgan fingerprint density at radius 3 is 2.47 bits per heavy atom. The molecule has 0 saturated carbocycles. The average Bonchev–Trinajstić information content (AvgIpc) is 2.43. The topological polar surface area (TPSA) is 41.6 Å². The van der Waals surface area contributed by atoms with Gasteiger partial charge in [-0.05, 0) is 33.2 Å². The molecule has 0 bridgehead atoms. The summed E-state index contributed by atoms with van der Waals surface area (Å²) >= 11 is 0. The second kappa shape index (κ2) is 7.54. The van der Waals surface area contributed by atoms with E-state index in [1.54, 1.807) is 4.90 Å². The van der Waals surface area contributed by atoms with Crippen LogP contribution in [0.5, 0.6) is 0 Å². The van der Waals surface area contributed by atoms with Gasteiger partial charge in [-0.25, -0.2) is 4.79 Å². The van der Waals surface area contributed by atoms with Gasteiger partial charge in [-0.3, -0.25) is 0 Å². The summed E-state index contributed by atoms with van der Waals surface area (Å²) in [4.78, 5) is 13.6. The van der Waals surface area contributed by atoms with Gasteiger partial charge in [-0.1, -0.05) is 20.8 Å². The molecule has 4 heteroatoms. The number of nitrogens with one attached hydrogen (secondary N) is 1. The third kappa shape index (κ3) is 7.21. The van der Waals surface area contributed by atoms with E-state index >= 15 is 0 Å². The molecule has 0 aromatic rings. The van der Waals surface area contributed by atoms with Crippen molar-refractivity contribution in [3.05, 3.63) is 0 Å². The number of hydrogen-bond acceptors (Lipinski definition) is 3. The Labute approximate surface area is 106 Å². The number of hydrogen-bond donors (Lipinski definition) is 1. The van der Waals surface area contributed by atoms with Crippen LogP contribution < -0.4 is 5.32 Å². The minimum absolute atomic E-state index is 0.196. The van der Waals surface area contributed by atoms with Crippen LogP contribution in [0, 0.1) is 5.92 Å². The van der Waals surface area contributed by atoms with Gasteiger partial charge in [0.25, 0.3) is 0 Å². The lowest BCUT2D eigenvalue weighted by Crippen LogP contribution is -2.39. The van der Waals surface area contributed by atoms with Gasteiger partial charge in [0.15, 0.2) is 0 Å². The van der Waals surface area contributed by atoms with Crippen molar-refractivity contribution in [1.29, 1.82) is 0 Å². The third-order valence-corrected chi connectivity index (χ3v) is 2.24. The van der Waals surface area contributed by atoms with Crippen molar-refractivity contribution in [2.24, 2.45) is 5.92 Å². The highest BCUT2D eigenvalue weighted by Gasteiger charge is 2.24. The van der Waals surface area contributed by atoms with Gasteiger partial charge in [-0.15, -0.1) is 0 Å². The number of amides is 1. The normalized spacial score (nSPS) is 21.1. The van der Waals surface area contributed by atoms with Gasteiger partial charge in [0.1, 0.15) is 5.60 Å². The van der Waals surface area contributed by atoms with Crippen LogP contribution in [0.25, 0.3) is 0 Å². The summed E-state index contributed by atoms with van der Waals surface area (Å²) in [5.41, 5.74) is -0.403. The number of rotatable bonds is 0. The Morgan fingerprint density at radius 2 is 1.94 bits per heavy atom. The fraction of sp³-hybridized carbons (Fsp3) is 0.923. The van der Waals surface area contributed by atoms with Crippen LogP contribution >= 0.6 is 0 Å². The average molecular weight is 244 g/mol. The molecule has 1 atom stereocenters. The van der Waals surface area contributed by atoms with Crippen molar-refractivity contribution >= 4 is 6.09 Å². The first kappa shape index (κ1) is 16.2. The van der Waals surface area contributed by atoms with Crippen molar-refractivity contribution in [3.63, 3.8) is 0 Å². The third-order valence-electron chi connectivity index (χ3n) is 2.24. The molecule has 0 aromatic heterocycles. The van der Waals surface area contributed by atoms with Crippen molar-refractivity contribution in [2.45, 2.75) is 47.1 Å². The van der Waals surface area contributed by atoms with E-state index in [9.17, 15) is 4.79 Å². The first-order valence-electron chi connectivity index (χ1n) is 6.57. The lowest BCUT2D eigenvalue weighted by Gasteiger charge is -2.27. The molecule has 4 nitrogen and oxygen atoms in total. The van der Waals surface area contributed by atoms with E-state index in [4.69, 9.17) is 4.74 Å². The smallest absolute Gasteiger partial charge is 0.410 e. The molecular weight excluding hydrogens is 216 g/mol. The van der Waals surface area contributed by atoms with Gasteiger partial charge in [0, 0.05) is 19.6 Å². The van der Waals surface area contributed by atoms with Crippen LogP contribution in [0.4, 0.5) is 4.79 Å². The van der Waals surface area contributed by atoms with Crippen molar-refractivity contribution in [2.75, 3.05) is 26.2 Å². The van der Waals surface area contributed by atoms with E-state index in [1.165, 1.54) is 0 Å². The lowest BCUT2D eigenvalue weighted by molar-refractivity contribution is 0.0245. The summed E-state index contributed by atoms with van der Waals surface area (Å²) in [6.07, 6.45) is -0.196. The predicted molar refractivity (Wildman–Crippen MR) is 71.2 cm³/mol. The van der Waals surface area contributed by atoms with Gasteiger partial charge in [0.2, 0.25) is 0 Å². The molecule has 1 N–H and O–H groups in total. The maximum Gasteiger partial charge on any atom is 0.410 e. The molecule has 1 unspecified atom stereocenters. The molecule has 0 aliphatic carbocycles. The molecule has 1 fully saturated rings. The lowest BCUT2D eigenvalue weighted by atomic mass is 10.2. The van der Waals surface area contributed by atoms with E-state index in [1.807, 2.05) is 34.6 Å². The number of nitrogens with zero attached hydrogens (tertiary/aromatic N) is 1. The molecule has 102 valence electrons. The zero-order valence-corrected chi connectivity index (χ0v) is 12.2. The summed E-state index contributed by atoms with van der Waals surface area (Å²) in [7, 11) is 0. The van der Waals surface area contributed by atoms with Crippen LogP contribution in [0.15, 0.2) is 0 Å². The summed E-state index contributed by atoms with van der Waals surface area (Å²) in [5, 5.41) is 3.30. The number of carbonyl (C=O) groups excluding carboxylic acids is 1. The first-order valence-corrected chi connectivity index (χ1v) is 6.57. The molecular formula is C13H28N2O2. The van der Waals surface area contributed by atoms with E-state index in [-0.39, 0.29) is 6.09 Å². The van der Waals surface area contributed by atoms with Crippen LogP contribution in [0.3, 0.4) is 0 Å². The zero-order chi connectivity index (χ0) is 13.5. The molecule has 1 rings (SSSR count). The monoisotopic (exact) mass is 244 g/mol. The van der Waals surface area contributed by atoms with Crippen LogP contribution in [0.1, 0.15) is 41.5 Å². The van der Waals surface area contributed by atoms with Crippen molar-refractivity contribution in [3.8, 4) is 0 Å². The maximum absolute atomic E-state index is 11.8. The molecule has 1 amide bonds. The second-order valence-electron chi connectivity index (χ2n) is 5.24. The predicted octanol–water partition coefficient (Wildman–Crippen LogP) is 2.49. The molecule has 0 spiro atoms. The highest BCUT2D eigenvalue weighted by molar-refractivity contribution is 5.68. The molecule has 1 heterocycles. The summed E-state index contributed by atoms with van der Waals surface area (Å²) in [6, 6.07) is 0. The largest absolute Gasteiger partial charge is 0.444 e. The second-order valence-corrected chi connectivity index (χ2v) is 5.24. The first-order chi connectivity index (χ1) is 7.88. The SMILES string of the molecule is CC.CC1CNCCN(C(=O)OC(C)(C)C)C1. The van der Waals surface area contributed by atoms with Gasteiger partial charge >= 0.3 is 6.09 Å². The van der Waals surface area contributed by atoms with E-state index in [0.717, 1.165) is 26.2 Å². The summed E-state index contributed by atoms with van der Waals surface area (Å²) in [6.45, 7) is 15.2.